The Hall–Kier alpha value is 0.0600. The molecule has 7 nitrogen and oxygen atoms in total. The number of hydrogen-bond acceptors (Lipinski definition) is 8. The van der Waals surface area contributed by atoms with E-state index >= 15 is 0 Å². The monoisotopic (exact) mass is 333 g/mol. The van der Waals surface area contributed by atoms with Crippen LogP contribution in [0, 0.1) is 0 Å². The van der Waals surface area contributed by atoms with E-state index in [4.69, 9.17) is 16.4 Å². The third kappa shape index (κ3) is 3.33. The van der Waals surface area contributed by atoms with Crippen molar-refractivity contribution in [2.24, 2.45) is 0 Å². The minimum atomic E-state index is -3.94. The second-order valence-corrected chi connectivity index (χ2v) is 8.67. The van der Waals surface area contributed by atoms with Crippen molar-refractivity contribution in [3.63, 3.8) is 0 Å². The van der Waals surface area contributed by atoms with E-state index < -0.39 is 26.5 Å². The van der Waals surface area contributed by atoms with Crippen molar-refractivity contribution in [2.75, 3.05) is 24.7 Å². The summed E-state index contributed by atoms with van der Waals surface area (Å²) in [5.41, 5.74) is 0. The molecular weight excluding hydrogens is 322 g/mol. The second-order valence-electron chi connectivity index (χ2n) is 3.70. The molecule has 0 saturated carbocycles. The van der Waals surface area contributed by atoms with E-state index in [1.165, 1.54) is 11.8 Å². The van der Waals surface area contributed by atoms with Crippen LogP contribution in [0.25, 0.3) is 0 Å². The Bertz CT molecular complexity index is 540. The molecule has 2 rings (SSSR count). The van der Waals surface area contributed by atoms with Gasteiger partial charge < -0.3 is 0 Å². The van der Waals surface area contributed by atoms with E-state index in [0.717, 1.165) is 4.31 Å². The Morgan fingerprint density at radius 2 is 2.28 bits per heavy atom. The summed E-state index contributed by atoms with van der Waals surface area (Å²) in [5, 5.41) is 0. The summed E-state index contributed by atoms with van der Waals surface area (Å²) in [6.07, 6.45) is -0.509. The zero-order chi connectivity index (χ0) is 13.4. The molecule has 0 amide bonds. The Balaban J connectivity index is 1.92. The predicted molar refractivity (Wildman–Crippen MR) is 69.9 cm³/mol. The molecule has 0 bridgehead atoms. The molecule has 2 heterocycles. The fourth-order valence-corrected chi connectivity index (χ4v) is 5.51. The molecule has 1 unspecified atom stereocenters. The molecule has 2 aliphatic rings. The molecule has 2 saturated heterocycles. The molecule has 2 fully saturated rings. The fourth-order valence-electron chi connectivity index (χ4n) is 1.50. The first-order valence-corrected chi connectivity index (χ1v) is 9.39. The first-order chi connectivity index (χ1) is 8.30. The molecule has 18 heavy (non-hydrogen) atoms. The van der Waals surface area contributed by atoms with Gasteiger partial charge in [-0.1, -0.05) is 24.0 Å². The van der Waals surface area contributed by atoms with Crippen LogP contribution in [0.15, 0.2) is 0 Å². The summed E-state index contributed by atoms with van der Waals surface area (Å²) < 4.78 is 56.2. The van der Waals surface area contributed by atoms with Crippen LogP contribution < -0.4 is 0 Å². The average molecular weight is 333 g/mol. The SMILES string of the molecule is O=S1(=O)CCC(COS(=O)(=O)N2CCSC2=S)O1. The lowest BCUT2D eigenvalue weighted by Gasteiger charge is -2.17. The van der Waals surface area contributed by atoms with Crippen molar-refractivity contribution in [1.82, 2.24) is 4.31 Å². The van der Waals surface area contributed by atoms with Gasteiger partial charge in [-0.25, -0.2) is 4.31 Å². The fraction of sp³-hybridized carbons (Fsp3) is 0.857. The van der Waals surface area contributed by atoms with Crippen LogP contribution in [0.5, 0.6) is 0 Å². The normalized spacial score (nSPS) is 27.9. The third-order valence-electron chi connectivity index (χ3n) is 2.37. The largest absolute Gasteiger partial charge is 0.363 e. The highest BCUT2D eigenvalue weighted by molar-refractivity contribution is 8.24. The molecule has 0 radical (unpaired) electrons. The van der Waals surface area contributed by atoms with Gasteiger partial charge in [-0.15, -0.1) is 0 Å². The van der Waals surface area contributed by atoms with Crippen LogP contribution >= 0.6 is 24.0 Å². The van der Waals surface area contributed by atoms with E-state index in [2.05, 4.69) is 4.18 Å². The van der Waals surface area contributed by atoms with Gasteiger partial charge in [-0.3, -0.25) is 8.37 Å². The minimum absolute atomic E-state index is 0.112. The summed E-state index contributed by atoms with van der Waals surface area (Å²) >= 11 is 6.14. The van der Waals surface area contributed by atoms with Crippen LogP contribution in [0.3, 0.4) is 0 Å². The van der Waals surface area contributed by atoms with Crippen molar-refractivity contribution >= 4 is 48.7 Å². The van der Waals surface area contributed by atoms with Crippen LogP contribution in [0.4, 0.5) is 0 Å². The Kier molecular flexibility index (Phi) is 4.19. The lowest BCUT2D eigenvalue weighted by Crippen LogP contribution is -2.34. The second kappa shape index (κ2) is 5.21. The average Bonchev–Trinajstić information content (AvgIpc) is 2.82. The van der Waals surface area contributed by atoms with Gasteiger partial charge in [0.05, 0.1) is 12.4 Å². The van der Waals surface area contributed by atoms with Crippen LogP contribution in [0.2, 0.25) is 0 Å². The highest BCUT2D eigenvalue weighted by Crippen LogP contribution is 2.23. The molecular formula is C7H11NO6S4. The van der Waals surface area contributed by atoms with Crippen molar-refractivity contribution in [3.8, 4) is 0 Å². The van der Waals surface area contributed by atoms with Crippen molar-refractivity contribution in [3.05, 3.63) is 0 Å². The molecule has 104 valence electrons. The summed E-state index contributed by atoms with van der Waals surface area (Å²) in [6.45, 7) is -0.0407. The maximum atomic E-state index is 11.8. The summed E-state index contributed by atoms with van der Waals surface area (Å²) in [7, 11) is -7.45. The first-order valence-electron chi connectivity index (χ1n) is 5.05. The number of nitrogens with zero attached hydrogens (tertiary/aromatic N) is 1. The van der Waals surface area contributed by atoms with Gasteiger partial charge in [0.2, 0.25) is 0 Å². The third-order valence-corrected chi connectivity index (χ3v) is 6.67. The van der Waals surface area contributed by atoms with Crippen LogP contribution in [-0.4, -0.2) is 56.2 Å². The number of rotatable bonds is 4. The Morgan fingerprint density at radius 1 is 1.56 bits per heavy atom. The van der Waals surface area contributed by atoms with Crippen LogP contribution in [-0.2, 0) is 28.8 Å². The van der Waals surface area contributed by atoms with Crippen LogP contribution in [0.1, 0.15) is 6.42 Å². The number of hydrogen-bond donors (Lipinski definition) is 0. The molecule has 0 aliphatic carbocycles. The van der Waals surface area contributed by atoms with Gasteiger partial charge >= 0.3 is 10.3 Å². The zero-order valence-electron chi connectivity index (χ0n) is 9.14. The summed E-state index contributed by atoms with van der Waals surface area (Å²) in [4.78, 5) is 0. The van der Waals surface area contributed by atoms with E-state index in [0.29, 0.717) is 5.75 Å². The first kappa shape index (κ1) is 14.5. The van der Waals surface area contributed by atoms with Crippen molar-refractivity contribution in [2.45, 2.75) is 12.5 Å². The number of thioether (sulfide) groups is 1. The molecule has 11 heteroatoms. The molecule has 1 atom stereocenters. The van der Waals surface area contributed by atoms with E-state index in [-0.39, 0.29) is 29.6 Å². The highest BCUT2D eigenvalue weighted by Gasteiger charge is 2.34. The molecule has 0 aromatic rings. The van der Waals surface area contributed by atoms with Gasteiger partial charge in [-0.05, 0) is 6.42 Å². The maximum Gasteiger partial charge on any atom is 0.363 e. The topological polar surface area (TPSA) is 90.0 Å². The minimum Gasteiger partial charge on any atom is -0.264 e. The van der Waals surface area contributed by atoms with Crippen molar-refractivity contribution in [1.29, 1.82) is 0 Å². The predicted octanol–water partition coefficient (Wildman–Crippen LogP) is -0.300. The smallest absolute Gasteiger partial charge is 0.264 e. The Morgan fingerprint density at radius 3 is 2.78 bits per heavy atom. The quantitative estimate of drug-likeness (QED) is 0.512. The lowest BCUT2D eigenvalue weighted by atomic mass is 10.3. The van der Waals surface area contributed by atoms with Gasteiger partial charge in [0, 0.05) is 12.3 Å². The van der Waals surface area contributed by atoms with E-state index in [1.54, 1.807) is 0 Å². The highest BCUT2D eigenvalue weighted by atomic mass is 32.2. The van der Waals surface area contributed by atoms with Crippen molar-refractivity contribution < 1.29 is 25.2 Å². The van der Waals surface area contributed by atoms with E-state index in [9.17, 15) is 16.8 Å². The van der Waals surface area contributed by atoms with Gasteiger partial charge in [0.15, 0.2) is 4.32 Å². The maximum absolute atomic E-state index is 11.8. The van der Waals surface area contributed by atoms with Gasteiger partial charge in [-0.2, -0.15) is 16.8 Å². The molecule has 0 aromatic carbocycles. The molecule has 0 N–H and O–H groups in total. The van der Waals surface area contributed by atoms with E-state index in [1.807, 2.05) is 0 Å². The molecule has 0 spiro atoms. The molecule has 2 aliphatic heterocycles. The summed E-state index contributed by atoms with van der Waals surface area (Å²) in [6, 6.07) is 0. The summed E-state index contributed by atoms with van der Waals surface area (Å²) in [5.74, 6) is 0.481. The van der Waals surface area contributed by atoms with Gasteiger partial charge in [0.1, 0.15) is 6.10 Å². The number of thiocarbonyl (C=S) groups is 1. The van der Waals surface area contributed by atoms with Gasteiger partial charge in [0.25, 0.3) is 10.1 Å². The standard InChI is InChI=1S/C7H11NO6S4/c9-17(10)4-1-6(14-17)5-13-18(11,12)8-2-3-16-7(8)15/h6H,1-5H2. The zero-order valence-corrected chi connectivity index (χ0v) is 12.4. The lowest BCUT2D eigenvalue weighted by molar-refractivity contribution is 0.149. The Labute approximate surface area is 115 Å². The molecule has 0 aromatic heterocycles.